The third kappa shape index (κ3) is 5.38. The lowest BCUT2D eigenvalue weighted by atomic mass is 10.1. The Bertz CT molecular complexity index is 1760. The number of nitrogens with one attached hydrogen (secondary N) is 2. The third-order valence-corrected chi connectivity index (χ3v) is 6.70. The van der Waals surface area contributed by atoms with Gasteiger partial charge in [0.1, 0.15) is 28.3 Å². The number of ether oxygens (including phenoxy) is 2. The van der Waals surface area contributed by atoms with Gasteiger partial charge in [0.05, 0.1) is 25.2 Å². The number of nitrogens with zero attached hydrogens (tertiary/aromatic N) is 3. The Morgan fingerprint density at radius 2 is 1.56 bits per heavy atom. The second-order valence-corrected chi connectivity index (χ2v) is 9.09. The molecular weight excluding hydrogens is 494 g/mol. The lowest BCUT2D eigenvalue weighted by molar-refractivity contribution is 0.0951. The van der Waals surface area contributed by atoms with Crippen LogP contribution >= 0.6 is 0 Å². The molecule has 2 N–H and O–H groups in total. The summed E-state index contributed by atoms with van der Waals surface area (Å²) >= 11 is 0. The van der Waals surface area contributed by atoms with E-state index in [2.05, 4.69) is 5.32 Å². The van der Waals surface area contributed by atoms with E-state index in [4.69, 9.17) is 19.9 Å². The highest BCUT2D eigenvalue weighted by atomic mass is 16.5. The summed E-state index contributed by atoms with van der Waals surface area (Å²) < 4.78 is 13.5. The van der Waals surface area contributed by atoms with Crippen LogP contribution in [0.4, 0.5) is 0 Å². The van der Waals surface area contributed by atoms with E-state index in [-0.39, 0.29) is 22.0 Å². The van der Waals surface area contributed by atoms with Crippen LogP contribution in [0.25, 0.3) is 16.7 Å². The Labute approximate surface area is 224 Å². The maximum Gasteiger partial charge on any atom is 0.267 e. The van der Waals surface area contributed by atoms with Gasteiger partial charge in [0.15, 0.2) is 0 Å². The molecule has 0 fully saturated rings. The molecule has 3 heterocycles. The first-order chi connectivity index (χ1) is 19.0. The van der Waals surface area contributed by atoms with Crippen LogP contribution in [0.2, 0.25) is 0 Å². The number of hydrogen-bond donors (Lipinski definition) is 2. The summed E-state index contributed by atoms with van der Waals surface area (Å²) in [7, 11) is 3.23. The highest BCUT2D eigenvalue weighted by molar-refractivity contribution is 5.96. The molecule has 0 unspecified atom stereocenters. The number of benzene rings is 2. The predicted octanol–water partition coefficient (Wildman–Crippen LogP) is 3.36. The lowest BCUT2D eigenvalue weighted by Gasteiger charge is -2.15. The first-order valence-electron chi connectivity index (χ1n) is 12.6. The number of hydrogen-bond acceptors (Lipinski definition) is 6. The summed E-state index contributed by atoms with van der Waals surface area (Å²) in [5.41, 5.74) is 2.77. The number of pyridine rings is 2. The fourth-order valence-corrected chi connectivity index (χ4v) is 4.52. The van der Waals surface area contributed by atoms with E-state index in [0.717, 1.165) is 22.6 Å². The number of methoxy groups -OCH3 is 2. The standard InChI is InChI=1S/C30H29N5O4/c1-38-22-10-6-20(7-11-22)14-16-32-29(36)24-19-25-28(33-26-5-3-4-17-34(26)30(25)37)35(27(24)31)18-15-21-8-12-23(39-2)13-9-21/h3-13,17,19,31H,14-16,18H2,1-2H3,(H,32,36). The Morgan fingerprint density at radius 1 is 0.923 bits per heavy atom. The molecule has 3 aromatic heterocycles. The number of carbonyl (C=O) groups is 1. The number of aromatic nitrogens is 3. The van der Waals surface area contributed by atoms with Crippen molar-refractivity contribution in [1.82, 2.24) is 19.3 Å². The average molecular weight is 524 g/mol. The molecule has 9 nitrogen and oxygen atoms in total. The SMILES string of the molecule is COc1ccc(CCNC(=O)c2cc3c(=O)n4ccccc4nc3n(CCc3ccc(OC)cc3)c2=N)cc1. The molecule has 198 valence electrons. The summed E-state index contributed by atoms with van der Waals surface area (Å²) in [6.07, 6.45) is 2.84. The molecule has 5 aromatic rings. The largest absolute Gasteiger partial charge is 0.497 e. The zero-order valence-electron chi connectivity index (χ0n) is 21.8. The van der Waals surface area contributed by atoms with Gasteiger partial charge in [0.25, 0.3) is 11.5 Å². The monoisotopic (exact) mass is 523 g/mol. The van der Waals surface area contributed by atoms with Crippen LogP contribution in [-0.2, 0) is 19.4 Å². The van der Waals surface area contributed by atoms with Gasteiger partial charge in [-0.1, -0.05) is 30.3 Å². The van der Waals surface area contributed by atoms with Gasteiger partial charge in [-0.05, 0) is 66.4 Å². The zero-order chi connectivity index (χ0) is 27.4. The van der Waals surface area contributed by atoms with E-state index in [9.17, 15) is 9.59 Å². The van der Waals surface area contributed by atoms with E-state index in [1.165, 1.54) is 10.5 Å². The lowest BCUT2D eigenvalue weighted by Crippen LogP contribution is -2.36. The van der Waals surface area contributed by atoms with E-state index < -0.39 is 5.91 Å². The van der Waals surface area contributed by atoms with Crippen LogP contribution in [0.1, 0.15) is 21.5 Å². The van der Waals surface area contributed by atoms with Crippen molar-refractivity contribution in [3.05, 3.63) is 112 Å². The molecule has 5 rings (SSSR count). The maximum absolute atomic E-state index is 13.4. The van der Waals surface area contributed by atoms with Crippen molar-refractivity contribution < 1.29 is 14.3 Å². The van der Waals surface area contributed by atoms with Crippen molar-refractivity contribution in [2.24, 2.45) is 0 Å². The maximum atomic E-state index is 13.4. The summed E-state index contributed by atoms with van der Waals surface area (Å²) in [5.74, 6) is 1.11. The topological polar surface area (TPSA) is 111 Å². The van der Waals surface area contributed by atoms with Crippen LogP contribution in [0.15, 0.2) is 83.8 Å². The van der Waals surface area contributed by atoms with Gasteiger partial charge in [-0.3, -0.25) is 19.4 Å². The number of fused-ring (bicyclic) bond motifs is 2. The van der Waals surface area contributed by atoms with E-state index in [1.807, 2.05) is 54.6 Å². The average Bonchev–Trinajstić information content (AvgIpc) is 2.97. The molecule has 9 heteroatoms. The van der Waals surface area contributed by atoms with Gasteiger partial charge in [0, 0.05) is 19.3 Å². The zero-order valence-corrected chi connectivity index (χ0v) is 21.8. The first kappa shape index (κ1) is 25.7. The number of rotatable bonds is 9. The Hall–Kier alpha value is -4.92. The van der Waals surface area contributed by atoms with Crippen LogP contribution in [0, 0.1) is 5.41 Å². The molecule has 0 saturated heterocycles. The number of aryl methyl sites for hydroxylation is 2. The quantitative estimate of drug-likeness (QED) is 0.288. The summed E-state index contributed by atoms with van der Waals surface area (Å²) in [6.45, 7) is 0.744. The summed E-state index contributed by atoms with van der Waals surface area (Å²) in [4.78, 5) is 31.4. The minimum absolute atomic E-state index is 0.00476. The molecule has 0 bridgehead atoms. The van der Waals surface area contributed by atoms with Crippen LogP contribution in [-0.4, -0.2) is 40.6 Å². The molecule has 0 aliphatic heterocycles. The smallest absolute Gasteiger partial charge is 0.267 e. The molecule has 1 amide bonds. The van der Waals surface area contributed by atoms with Crippen LogP contribution < -0.4 is 25.8 Å². The van der Waals surface area contributed by atoms with E-state index >= 15 is 0 Å². The fourth-order valence-electron chi connectivity index (χ4n) is 4.52. The molecule has 0 radical (unpaired) electrons. The Kier molecular flexibility index (Phi) is 7.40. The van der Waals surface area contributed by atoms with Gasteiger partial charge in [-0.25, -0.2) is 4.98 Å². The highest BCUT2D eigenvalue weighted by Crippen LogP contribution is 2.15. The second kappa shape index (κ2) is 11.2. The molecule has 0 atom stereocenters. The third-order valence-electron chi connectivity index (χ3n) is 6.70. The van der Waals surface area contributed by atoms with Gasteiger partial charge in [0.2, 0.25) is 0 Å². The van der Waals surface area contributed by atoms with Crippen LogP contribution in [0.5, 0.6) is 11.5 Å². The minimum atomic E-state index is -0.411. The predicted molar refractivity (Wildman–Crippen MR) is 149 cm³/mol. The van der Waals surface area contributed by atoms with Crippen molar-refractivity contribution in [3.8, 4) is 11.5 Å². The molecular formula is C30H29N5O4. The van der Waals surface area contributed by atoms with Crippen molar-refractivity contribution >= 4 is 22.6 Å². The number of amides is 1. The Balaban J connectivity index is 1.48. The molecule has 0 aliphatic rings. The van der Waals surface area contributed by atoms with E-state index in [0.29, 0.717) is 37.2 Å². The normalized spacial score (nSPS) is 11.0. The highest BCUT2D eigenvalue weighted by Gasteiger charge is 2.17. The molecule has 0 saturated carbocycles. The summed E-state index contributed by atoms with van der Waals surface area (Å²) in [6, 6.07) is 22.1. The van der Waals surface area contributed by atoms with Crippen LogP contribution in [0.3, 0.4) is 0 Å². The number of carbonyl (C=O) groups excluding carboxylic acids is 1. The Morgan fingerprint density at radius 3 is 2.21 bits per heavy atom. The van der Waals surface area contributed by atoms with Crippen molar-refractivity contribution in [2.45, 2.75) is 19.4 Å². The van der Waals surface area contributed by atoms with Gasteiger partial charge < -0.3 is 19.4 Å². The summed E-state index contributed by atoms with van der Waals surface area (Å²) in [5, 5.41) is 12.1. The van der Waals surface area contributed by atoms with Crippen molar-refractivity contribution in [3.63, 3.8) is 0 Å². The fraction of sp³-hybridized carbons (Fsp3) is 0.200. The minimum Gasteiger partial charge on any atom is -0.497 e. The van der Waals surface area contributed by atoms with Gasteiger partial charge in [-0.2, -0.15) is 0 Å². The molecule has 2 aromatic carbocycles. The second-order valence-electron chi connectivity index (χ2n) is 9.09. The van der Waals surface area contributed by atoms with E-state index in [1.54, 1.807) is 37.1 Å². The van der Waals surface area contributed by atoms with Gasteiger partial charge in [-0.15, -0.1) is 0 Å². The van der Waals surface area contributed by atoms with Crippen molar-refractivity contribution in [2.75, 3.05) is 20.8 Å². The molecule has 39 heavy (non-hydrogen) atoms. The van der Waals surface area contributed by atoms with Gasteiger partial charge >= 0.3 is 0 Å². The van der Waals surface area contributed by atoms with Crippen molar-refractivity contribution in [1.29, 1.82) is 5.41 Å². The molecule has 0 aliphatic carbocycles. The first-order valence-corrected chi connectivity index (χ1v) is 12.6. The molecule has 0 spiro atoms.